The summed E-state index contributed by atoms with van der Waals surface area (Å²) in [5, 5.41) is 31.7. The van der Waals surface area contributed by atoms with Gasteiger partial charge in [-0.1, -0.05) is 0 Å². The Labute approximate surface area is 701 Å². The van der Waals surface area contributed by atoms with Gasteiger partial charge in [0.1, 0.15) is 75.5 Å². The van der Waals surface area contributed by atoms with Crippen LogP contribution in [0.25, 0.3) is 0 Å². The molecule has 2 spiro atoms. The van der Waals surface area contributed by atoms with Gasteiger partial charge in [-0.2, -0.15) is 0 Å². The molecule has 2 aliphatic carbocycles. The summed E-state index contributed by atoms with van der Waals surface area (Å²) < 4.78 is 225. The lowest BCUT2D eigenvalue weighted by Crippen LogP contribution is -2.52. The van der Waals surface area contributed by atoms with Crippen LogP contribution in [0.5, 0.6) is 0 Å². The highest BCUT2D eigenvalue weighted by Gasteiger charge is 2.76. The van der Waals surface area contributed by atoms with Gasteiger partial charge >= 0.3 is 57.3 Å². The first-order valence-electron chi connectivity index (χ1n) is 38.2. The zero-order valence-corrected chi connectivity index (χ0v) is 70.3. The minimum Gasteiger partial charge on any atom is -0.432 e. The van der Waals surface area contributed by atoms with Gasteiger partial charge in [0.05, 0.1) is 85.9 Å². The van der Waals surface area contributed by atoms with E-state index in [1.54, 1.807) is 6.92 Å². The summed E-state index contributed by atoms with van der Waals surface area (Å²) in [5.41, 5.74) is -11.9. The molecule has 12 atom stereocenters. The van der Waals surface area contributed by atoms with Crippen LogP contribution in [-0.4, -0.2) is 320 Å². The highest BCUT2D eigenvalue weighted by Crippen LogP contribution is 2.65. The maximum absolute atomic E-state index is 15.4. The predicted octanol–water partition coefficient (Wildman–Crippen LogP) is 1.64. The van der Waals surface area contributed by atoms with E-state index in [0.717, 1.165) is 53.4 Å². The van der Waals surface area contributed by atoms with E-state index in [2.05, 4.69) is 19.4 Å². The number of alkyl halides is 3. The largest absolute Gasteiger partial charge is 0.510 e. The van der Waals surface area contributed by atoms with Crippen molar-refractivity contribution in [3.05, 3.63) is 99.3 Å². The average Bonchev–Trinajstić information content (AvgIpc) is 1.53. The van der Waals surface area contributed by atoms with Gasteiger partial charge in [-0.15, -0.1) is 0 Å². The zero-order chi connectivity index (χ0) is 90.5. The number of aromatic nitrogens is 6. The van der Waals surface area contributed by atoms with Gasteiger partial charge in [0, 0.05) is 90.9 Å². The van der Waals surface area contributed by atoms with Crippen molar-refractivity contribution in [1.82, 2.24) is 28.7 Å². The molecular formula is C69H103F3N6O44P2. The van der Waals surface area contributed by atoms with Crippen LogP contribution in [0, 0.1) is 0 Å². The number of carbonyl (C=O) groups is 4. The second-order valence-corrected chi connectivity index (χ2v) is 31.3. The Hall–Kier alpha value is -7.59. The minimum absolute atomic E-state index is 0.0103. The number of hydrogen-bond acceptors (Lipinski definition) is 44. The predicted molar refractivity (Wildman–Crippen MR) is 397 cm³/mol. The van der Waals surface area contributed by atoms with Crippen LogP contribution in [-0.2, 0) is 145 Å². The van der Waals surface area contributed by atoms with Crippen molar-refractivity contribution in [2.24, 2.45) is 0 Å². The van der Waals surface area contributed by atoms with Crippen molar-refractivity contribution in [2.75, 3.05) is 188 Å². The number of phosphoric ester groups is 2. The van der Waals surface area contributed by atoms with E-state index in [0.29, 0.717) is 69.5 Å². The molecule has 0 amide bonds. The first-order valence-corrected chi connectivity index (χ1v) is 41.2. The molecular weight excluding hydrogens is 1740 g/mol. The Kier molecular flexibility index (Phi) is 38.5. The highest BCUT2D eigenvalue weighted by molar-refractivity contribution is 7.48. The number of aliphatic hydroxyl groups excluding tert-OH is 2. The van der Waals surface area contributed by atoms with E-state index in [9.17, 15) is 81.2 Å². The summed E-state index contributed by atoms with van der Waals surface area (Å²) in [4.78, 5) is 126. The molecule has 0 bridgehead atoms. The lowest BCUT2D eigenvalue weighted by molar-refractivity contribution is -0.294. The van der Waals surface area contributed by atoms with Crippen LogP contribution in [0.1, 0.15) is 90.8 Å². The van der Waals surface area contributed by atoms with E-state index >= 15 is 4.39 Å². The third-order valence-electron chi connectivity index (χ3n) is 19.3. The topological polar surface area (TPSA) is 595 Å². The smallest absolute Gasteiger partial charge is 0.432 e. The Morgan fingerprint density at radius 3 is 1.06 bits per heavy atom. The van der Waals surface area contributed by atoms with Crippen LogP contribution in [0.4, 0.5) is 32.3 Å². The second-order valence-electron chi connectivity index (χ2n) is 28.1. The van der Waals surface area contributed by atoms with Gasteiger partial charge < -0.3 is 124 Å². The summed E-state index contributed by atoms with van der Waals surface area (Å²) in [7, 11) is -4.60. The van der Waals surface area contributed by atoms with E-state index in [4.69, 9.17) is 127 Å². The molecule has 8 heterocycles. The number of aromatic amines is 3. The lowest BCUT2D eigenvalue weighted by atomic mass is 9.88. The van der Waals surface area contributed by atoms with E-state index < -0.39 is 210 Å². The number of halogens is 3. The summed E-state index contributed by atoms with van der Waals surface area (Å²) >= 11 is 0. The van der Waals surface area contributed by atoms with Crippen molar-refractivity contribution in [2.45, 2.75) is 155 Å². The monoisotopic (exact) mass is 1840 g/mol. The number of nitrogens with one attached hydrogen (secondary N) is 3. The Morgan fingerprint density at radius 1 is 0.435 bits per heavy atom. The second kappa shape index (κ2) is 46.9. The molecule has 3 aromatic rings. The number of aliphatic hydroxyl groups is 3. The molecule has 0 aromatic carbocycles. The van der Waals surface area contributed by atoms with Gasteiger partial charge in [-0.25, -0.2) is 83.0 Å². The highest BCUT2D eigenvalue weighted by atomic mass is 31.2. The molecule has 5 aliphatic heterocycles. The Balaban J connectivity index is 0.000000243. The summed E-state index contributed by atoms with van der Waals surface area (Å²) in [5.74, 6) is -7.86. The molecule has 7 fully saturated rings. The number of methoxy groups -OCH3 is 4. The van der Waals surface area contributed by atoms with Crippen molar-refractivity contribution in [1.29, 1.82) is 0 Å². The first-order chi connectivity index (χ1) is 59.2. The molecule has 5 saturated heterocycles. The van der Waals surface area contributed by atoms with Crippen molar-refractivity contribution in [3.63, 3.8) is 0 Å². The number of phosphoric acid groups is 2. The Bertz CT molecular complexity index is 4300. The van der Waals surface area contributed by atoms with Crippen LogP contribution < -0.4 is 33.7 Å². The summed E-state index contributed by atoms with van der Waals surface area (Å²) in [6.45, 7) is -4.49. The fourth-order valence-corrected chi connectivity index (χ4v) is 15.8. The van der Waals surface area contributed by atoms with Crippen molar-refractivity contribution >= 4 is 40.3 Å². The fraction of sp³-hybridized carbons (Fsp3) is 0.768. The fourth-order valence-electron chi connectivity index (χ4n) is 13.6. The molecule has 124 heavy (non-hydrogen) atoms. The molecule has 6 N–H and O–H groups in total. The standard InChI is InChI=1S/C29H44FN2O19P.C24H38FN2O19P.C16H21FN2O6/c1-27-22(48-28(50-27)7-4-5-8-28)29(18-30,49-23(27)32-9-6-21(33)31-24(32)34)51-52(37,46-19-44-25(35)42-16-14-40-12-10-38-2)47-20-45-26(36)43-17-15-41-13-11-39-3;1-23(33)18(29)24(14-25,45-19(23)27-5-4-17(28)26-20(27)30)46-47(34,43-15-41-21(31)39-12-10-37-8-6-35-2)44-16-42-22(32)40-13-11-38-9-7-36-3;1-14-11(23-16(25-14)5-2-3-6-16)15(8-17,9-20)24-12(14)19-7-4-10(21)18-13(19)22/h6,9,22-23H,4-5,7-8,10-20H2,1-3H3,(H,31,33,34);4-5,18-19,29,33H,6-16H2,1-3H3,(H,26,28,30);4,7,11-12,20H,2-3,5-6,8-9H2,1H3,(H,18,21,22)/t22-,23+,27+,29+;18-,19+,23+,24+;11-,12+,14+,15+/m000/s1. The van der Waals surface area contributed by atoms with Crippen molar-refractivity contribution in [3.8, 4) is 0 Å². The molecule has 3 aromatic heterocycles. The number of rotatable bonds is 47. The van der Waals surface area contributed by atoms with Gasteiger partial charge in [0.2, 0.25) is 38.7 Å². The SMILES string of the molecule is COCCOCCOC(=O)OCOP(=O)(OCOC(=O)OCCOCCOC)O[C@@]1(CF)O[C@@H](n2ccc(=O)[nH]c2=O)[C@](C)(O)[C@@H]1O.COCCOCCOC(=O)OCOP(=O)(OCOC(=O)OCCOCCOC)O[C@@]1(CF)O[C@@H](n2ccc(=O)[nH]c2=O)[C@]2(C)OC3(CCCC3)O[C@H]12.C[C@@]12OC3(CCCC3)O[C@@H]1[C@](CO)(CF)O[C@H]2n1ccc(=O)[nH]c1=O. The third kappa shape index (κ3) is 26.3. The van der Waals surface area contributed by atoms with Crippen LogP contribution in [0.2, 0.25) is 0 Å². The molecule has 50 nitrogen and oxygen atoms in total. The number of H-pyrrole nitrogens is 3. The van der Waals surface area contributed by atoms with Crippen molar-refractivity contribution < 1.29 is 193 Å². The van der Waals surface area contributed by atoms with Crippen LogP contribution in [0.15, 0.2) is 65.6 Å². The van der Waals surface area contributed by atoms with Crippen LogP contribution in [0.3, 0.4) is 0 Å². The van der Waals surface area contributed by atoms with Gasteiger partial charge in [-0.05, 0) is 46.5 Å². The molecule has 7 aliphatic rings. The Morgan fingerprint density at radius 2 is 0.742 bits per heavy atom. The maximum atomic E-state index is 15.4. The maximum Gasteiger partial charge on any atom is 0.510 e. The van der Waals surface area contributed by atoms with Gasteiger partial charge in [-0.3, -0.25) is 43.0 Å². The zero-order valence-electron chi connectivity index (χ0n) is 68.5. The quantitative estimate of drug-likeness (QED) is 0.0154. The summed E-state index contributed by atoms with van der Waals surface area (Å²) in [6, 6.07) is 3.08. The third-order valence-corrected chi connectivity index (χ3v) is 22.1. The number of carbonyl (C=O) groups excluding carboxylic acids is 4. The van der Waals surface area contributed by atoms with E-state index in [-0.39, 0.29) is 79.3 Å². The molecule has 0 radical (unpaired) electrons. The number of nitrogens with zero attached hydrogens (tertiary/aromatic N) is 3. The number of fused-ring (bicyclic) bond motifs is 2. The van der Waals surface area contributed by atoms with Gasteiger partial charge in [0.15, 0.2) is 42.0 Å². The molecule has 0 unspecified atom stereocenters. The normalized spacial score (nSPS) is 26.9. The molecule has 10 rings (SSSR count). The number of hydrogen-bond donors (Lipinski definition) is 6. The lowest BCUT2D eigenvalue weighted by Gasteiger charge is -2.34. The number of ether oxygens (including phenoxy) is 23. The molecule has 55 heteroatoms. The van der Waals surface area contributed by atoms with Crippen LogP contribution >= 0.6 is 15.6 Å². The molecule has 2 saturated carbocycles. The first kappa shape index (κ1) is 102. The van der Waals surface area contributed by atoms with Gasteiger partial charge in [0.25, 0.3) is 16.7 Å². The minimum atomic E-state index is -5.31. The molecule has 704 valence electrons. The van der Waals surface area contributed by atoms with E-state index in [1.807, 2.05) is 4.98 Å². The average molecular weight is 1840 g/mol. The summed E-state index contributed by atoms with van der Waals surface area (Å²) in [6.07, 6.45) is -5.95. The van der Waals surface area contributed by atoms with E-state index in [1.165, 1.54) is 47.6 Å².